The lowest BCUT2D eigenvalue weighted by Gasteiger charge is -2.05. The van der Waals surface area contributed by atoms with Crippen molar-refractivity contribution in [1.29, 1.82) is 0 Å². The number of nitrogens with one attached hydrogen (secondary N) is 1. The van der Waals surface area contributed by atoms with Crippen LogP contribution in [0.4, 0.5) is 5.82 Å². The second-order valence-electron chi connectivity index (χ2n) is 2.85. The highest BCUT2D eigenvalue weighted by atomic mass is 32.2. The van der Waals surface area contributed by atoms with E-state index in [0.717, 1.165) is 29.5 Å². The van der Waals surface area contributed by atoms with E-state index in [-0.39, 0.29) is 0 Å². The van der Waals surface area contributed by atoms with Gasteiger partial charge in [-0.1, -0.05) is 0 Å². The molecule has 0 aromatic carbocycles. The molecule has 0 spiro atoms. The first-order valence-corrected chi connectivity index (χ1v) is 5.66. The van der Waals surface area contributed by atoms with Gasteiger partial charge >= 0.3 is 0 Å². The van der Waals surface area contributed by atoms with Crippen molar-refractivity contribution in [2.24, 2.45) is 0 Å². The summed E-state index contributed by atoms with van der Waals surface area (Å²) in [6.45, 7) is 4.88. The van der Waals surface area contributed by atoms with Crippen LogP contribution in [0.15, 0.2) is 6.20 Å². The summed E-state index contributed by atoms with van der Waals surface area (Å²) in [4.78, 5) is 8.59. The number of hydrogen-bond donors (Lipinski definition) is 1. The summed E-state index contributed by atoms with van der Waals surface area (Å²) in [6.07, 6.45) is 3.87. The van der Waals surface area contributed by atoms with E-state index in [9.17, 15) is 0 Å². The summed E-state index contributed by atoms with van der Waals surface area (Å²) >= 11 is 1.82. The highest BCUT2D eigenvalue weighted by molar-refractivity contribution is 7.98. The van der Waals surface area contributed by atoms with Gasteiger partial charge in [-0.15, -0.1) is 0 Å². The Hall–Kier alpha value is -0.770. The van der Waals surface area contributed by atoms with E-state index in [1.807, 2.05) is 25.6 Å². The molecule has 0 radical (unpaired) electrons. The quantitative estimate of drug-likeness (QED) is 0.748. The summed E-state index contributed by atoms with van der Waals surface area (Å²) in [6, 6.07) is 0. The third kappa shape index (κ3) is 3.22. The maximum atomic E-state index is 4.36. The fraction of sp³-hybridized carbons (Fsp3) is 0.556. The normalized spacial score (nSPS) is 10.1. The molecule has 0 saturated heterocycles. The van der Waals surface area contributed by atoms with E-state index >= 15 is 0 Å². The maximum absolute atomic E-state index is 4.36. The van der Waals surface area contributed by atoms with Gasteiger partial charge in [-0.05, 0) is 20.1 Å². The van der Waals surface area contributed by atoms with E-state index in [1.54, 1.807) is 6.20 Å². The molecule has 0 aliphatic rings. The molecule has 1 aromatic heterocycles. The molecular formula is C9H15N3S. The summed E-state index contributed by atoms with van der Waals surface area (Å²) in [5.74, 6) is 1.96. The Balaban J connectivity index is 2.53. The van der Waals surface area contributed by atoms with Gasteiger partial charge in [-0.25, -0.2) is 4.98 Å². The van der Waals surface area contributed by atoms with Gasteiger partial charge < -0.3 is 5.32 Å². The minimum absolute atomic E-state index is 0.872. The third-order valence-electron chi connectivity index (χ3n) is 1.80. The van der Waals surface area contributed by atoms with Gasteiger partial charge in [0, 0.05) is 12.3 Å². The zero-order chi connectivity index (χ0) is 9.68. The second kappa shape index (κ2) is 5.07. The van der Waals surface area contributed by atoms with E-state index in [2.05, 4.69) is 21.5 Å². The second-order valence-corrected chi connectivity index (χ2v) is 3.83. The van der Waals surface area contributed by atoms with Crippen molar-refractivity contribution in [3.05, 3.63) is 17.6 Å². The Labute approximate surface area is 83.4 Å². The Morgan fingerprint density at radius 3 is 2.77 bits per heavy atom. The van der Waals surface area contributed by atoms with Gasteiger partial charge in [0.1, 0.15) is 5.82 Å². The molecule has 0 aliphatic heterocycles. The molecular weight excluding hydrogens is 182 g/mol. The number of rotatable bonds is 4. The van der Waals surface area contributed by atoms with Crippen LogP contribution in [-0.4, -0.2) is 28.5 Å². The van der Waals surface area contributed by atoms with Crippen molar-refractivity contribution in [3.8, 4) is 0 Å². The van der Waals surface area contributed by atoms with E-state index in [4.69, 9.17) is 0 Å². The van der Waals surface area contributed by atoms with Crippen molar-refractivity contribution in [1.82, 2.24) is 9.97 Å². The summed E-state index contributed by atoms with van der Waals surface area (Å²) in [7, 11) is 0. The van der Waals surface area contributed by atoms with Crippen LogP contribution in [0.2, 0.25) is 0 Å². The van der Waals surface area contributed by atoms with Gasteiger partial charge in [-0.2, -0.15) is 11.8 Å². The van der Waals surface area contributed by atoms with Crippen molar-refractivity contribution in [3.63, 3.8) is 0 Å². The summed E-state index contributed by atoms with van der Waals surface area (Å²) < 4.78 is 0. The molecule has 1 rings (SSSR count). The van der Waals surface area contributed by atoms with Gasteiger partial charge in [0.2, 0.25) is 0 Å². The van der Waals surface area contributed by atoms with Gasteiger partial charge in [0.05, 0.1) is 17.6 Å². The number of hydrogen-bond acceptors (Lipinski definition) is 4. The molecule has 3 nitrogen and oxygen atoms in total. The lowest BCUT2D eigenvalue weighted by Crippen LogP contribution is -2.07. The predicted molar refractivity (Wildman–Crippen MR) is 58.4 cm³/mol. The Morgan fingerprint density at radius 2 is 2.15 bits per heavy atom. The summed E-state index contributed by atoms with van der Waals surface area (Å²) in [5.41, 5.74) is 1.99. The number of aryl methyl sites for hydroxylation is 2. The van der Waals surface area contributed by atoms with Gasteiger partial charge in [0.15, 0.2) is 0 Å². The van der Waals surface area contributed by atoms with Crippen LogP contribution in [0.1, 0.15) is 11.4 Å². The molecule has 0 amide bonds. The monoisotopic (exact) mass is 197 g/mol. The zero-order valence-electron chi connectivity index (χ0n) is 8.29. The molecule has 0 fully saturated rings. The van der Waals surface area contributed by atoms with Gasteiger partial charge in [-0.3, -0.25) is 4.98 Å². The Morgan fingerprint density at radius 1 is 1.38 bits per heavy atom. The lowest BCUT2D eigenvalue weighted by molar-refractivity contribution is 1.03. The van der Waals surface area contributed by atoms with Crippen LogP contribution in [0, 0.1) is 13.8 Å². The first-order valence-electron chi connectivity index (χ1n) is 4.27. The molecule has 0 unspecified atom stereocenters. The van der Waals surface area contributed by atoms with Crippen LogP contribution in [0.5, 0.6) is 0 Å². The van der Waals surface area contributed by atoms with Crippen molar-refractivity contribution in [2.45, 2.75) is 13.8 Å². The first-order chi connectivity index (χ1) is 6.24. The minimum atomic E-state index is 0.872. The Kier molecular flexibility index (Phi) is 4.02. The highest BCUT2D eigenvalue weighted by Crippen LogP contribution is 2.05. The number of anilines is 1. The molecule has 1 heterocycles. The van der Waals surface area contributed by atoms with E-state index < -0.39 is 0 Å². The molecule has 0 atom stereocenters. The van der Waals surface area contributed by atoms with Crippen molar-refractivity contribution in [2.75, 3.05) is 23.9 Å². The highest BCUT2D eigenvalue weighted by Gasteiger charge is 1.97. The molecule has 72 valence electrons. The largest absolute Gasteiger partial charge is 0.368 e. The van der Waals surface area contributed by atoms with Crippen LogP contribution in [0.25, 0.3) is 0 Å². The van der Waals surface area contributed by atoms with Crippen LogP contribution >= 0.6 is 11.8 Å². The lowest BCUT2D eigenvalue weighted by atomic mass is 10.3. The Bertz CT molecular complexity index is 276. The van der Waals surface area contributed by atoms with Crippen molar-refractivity contribution < 1.29 is 0 Å². The molecule has 0 saturated carbocycles. The number of thioether (sulfide) groups is 1. The van der Waals surface area contributed by atoms with Gasteiger partial charge in [0.25, 0.3) is 0 Å². The number of aromatic nitrogens is 2. The smallest absolute Gasteiger partial charge is 0.144 e. The van der Waals surface area contributed by atoms with Crippen molar-refractivity contribution >= 4 is 17.6 Å². The zero-order valence-corrected chi connectivity index (χ0v) is 9.11. The molecule has 4 heteroatoms. The van der Waals surface area contributed by atoms with Crippen LogP contribution in [-0.2, 0) is 0 Å². The average molecular weight is 197 g/mol. The predicted octanol–water partition coefficient (Wildman–Crippen LogP) is 1.87. The van der Waals surface area contributed by atoms with Crippen LogP contribution < -0.4 is 5.32 Å². The molecule has 13 heavy (non-hydrogen) atoms. The summed E-state index contributed by atoms with van der Waals surface area (Å²) in [5, 5.41) is 3.22. The molecule has 1 aromatic rings. The average Bonchev–Trinajstić information content (AvgIpc) is 2.12. The fourth-order valence-electron chi connectivity index (χ4n) is 0.908. The SMILES string of the molecule is CSCCNc1cnc(C)c(C)n1. The first kappa shape index (κ1) is 10.3. The topological polar surface area (TPSA) is 37.8 Å². The van der Waals surface area contributed by atoms with E-state index in [0.29, 0.717) is 0 Å². The maximum Gasteiger partial charge on any atom is 0.144 e. The van der Waals surface area contributed by atoms with Crippen LogP contribution in [0.3, 0.4) is 0 Å². The third-order valence-corrected chi connectivity index (χ3v) is 2.42. The van der Waals surface area contributed by atoms with E-state index in [1.165, 1.54) is 0 Å². The molecule has 0 aliphatic carbocycles. The molecule has 1 N–H and O–H groups in total. The number of nitrogens with zero attached hydrogens (tertiary/aromatic N) is 2. The minimum Gasteiger partial charge on any atom is -0.368 e. The fourth-order valence-corrected chi connectivity index (χ4v) is 1.21. The standard InChI is InChI=1S/C9H15N3S/c1-7-8(2)12-9(6-11-7)10-4-5-13-3/h6H,4-5H2,1-3H3,(H,10,12). The molecule has 0 bridgehead atoms.